The van der Waals surface area contributed by atoms with Crippen molar-refractivity contribution in [2.24, 2.45) is 0 Å². The van der Waals surface area contributed by atoms with E-state index in [0.717, 1.165) is 16.3 Å². The minimum absolute atomic E-state index is 0.0374. The number of ether oxygens (including phenoxy) is 1. The molecule has 2 atom stereocenters. The van der Waals surface area contributed by atoms with Crippen LogP contribution in [0, 0.1) is 11.3 Å². The highest BCUT2D eigenvalue weighted by Crippen LogP contribution is 2.39. The molecule has 0 spiro atoms. The highest BCUT2D eigenvalue weighted by atomic mass is 32.2. The molecule has 1 N–H and O–H groups in total. The first-order chi connectivity index (χ1) is 7.24. The lowest BCUT2D eigenvalue weighted by atomic mass is 10.2. The molecule has 1 aromatic carbocycles. The minimum atomic E-state index is -0.0374. The predicted octanol–water partition coefficient (Wildman–Crippen LogP) is 2.49. The molecule has 3 nitrogen and oxygen atoms in total. The first kappa shape index (κ1) is 10.2. The van der Waals surface area contributed by atoms with Crippen molar-refractivity contribution in [1.82, 2.24) is 0 Å². The molecule has 15 heavy (non-hydrogen) atoms. The maximum atomic E-state index is 8.97. The maximum Gasteiger partial charge on any atom is 0.120 e. The number of nitrogens with one attached hydrogen (secondary N) is 1. The summed E-state index contributed by atoms with van der Waals surface area (Å²) in [5.41, 5.74) is 1.08. The van der Waals surface area contributed by atoms with Crippen molar-refractivity contribution in [1.29, 1.82) is 5.26 Å². The van der Waals surface area contributed by atoms with Crippen LogP contribution in [0.3, 0.4) is 0 Å². The van der Waals surface area contributed by atoms with Crippen LogP contribution in [-0.2, 0) is 0 Å². The number of hydrogen-bond acceptors (Lipinski definition) is 4. The maximum absolute atomic E-state index is 8.97. The van der Waals surface area contributed by atoms with E-state index in [1.807, 2.05) is 25.1 Å². The van der Waals surface area contributed by atoms with Crippen molar-refractivity contribution in [3.63, 3.8) is 0 Å². The van der Waals surface area contributed by atoms with Gasteiger partial charge in [0, 0.05) is 16.6 Å². The smallest absolute Gasteiger partial charge is 0.120 e. The summed E-state index contributed by atoms with van der Waals surface area (Å²) >= 11 is 1.59. The van der Waals surface area contributed by atoms with Gasteiger partial charge in [-0.2, -0.15) is 5.26 Å². The lowest BCUT2D eigenvalue weighted by Gasteiger charge is -2.27. The number of thioether (sulfide) groups is 1. The summed E-state index contributed by atoms with van der Waals surface area (Å²) in [6.45, 7) is 2.02. The Labute approximate surface area is 93.4 Å². The van der Waals surface area contributed by atoms with E-state index in [9.17, 15) is 0 Å². The van der Waals surface area contributed by atoms with Crippen molar-refractivity contribution in [3.05, 3.63) is 18.2 Å². The number of methoxy groups -OCH3 is 1. The van der Waals surface area contributed by atoms with Crippen LogP contribution in [0.15, 0.2) is 23.1 Å². The normalized spacial score (nSPS) is 23.5. The van der Waals surface area contributed by atoms with Gasteiger partial charge < -0.3 is 10.1 Å². The molecule has 0 radical (unpaired) electrons. The Balaban J connectivity index is 2.34. The van der Waals surface area contributed by atoms with Gasteiger partial charge in [-0.05, 0) is 25.1 Å². The number of fused-ring (bicyclic) bond motifs is 1. The average molecular weight is 220 g/mol. The molecule has 1 aliphatic heterocycles. The van der Waals surface area contributed by atoms with Crippen LogP contribution in [0.5, 0.6) is 5.75 Å². The van der Waals surface area contributed by atoms with Crippen LogP contribution in [0.1, 0.15) is 6.92 Å². The van der Waals surface area contributed by atoms with Gasteiger partial charge >= 0.3 is 0 Å². The SMILES string of the molecule is COc1ccc2c(c1)SC(C#N)C(C)N2. The molecule has 0 saturated heterocycles. The summed E-state index contributed by atoms with van der Waals surface area (Å²) in [4.78, 5) is 1.08. The molecule has 4 heteroatoms. The van der Waals surface area contributed by atoms with Gasteiger partial charge in [0.2, 0.25) is 0 Å². The highest BCUT2D eigenvalue weighted by Gasteiger charge is 2.25. The van der Waals surface area contributed by atoms with E-state index in [4.69, 9.17) is 10.00 Å². The van der Waals surface area contributed by atoms with E-state index in [2.05, 4.69) is 11.4 Å². The van der Waals surface area contributed by atoms with Gasteiger partial charge in [0.1, 0.15) is 11.0 Å². The summed E-state index contributed by atoms with van der Waals surface area (Å²) in [6, 6.07) is 8.35. The largest absolute Gasteiger partial charge is 0.497 e. The van der Waals surface area contributed by atoms with E-state index < -0.39 is 0 Å². The van der Waals surface area contributed by atoms with Crippen molar-refractivity contribution in [3.8, 4) is 11.8 Å². The summed E-state index contributed by atoms with van der Waals surface area (Å²) in [6.07, 6.45) is 0. The zero-order valence-corrected chi connectivity index (χ0v) is 9.47. The van der Waals surface area contributed by atoms with Crippen LogP contribution in [0.25, 0.3) is 0 Å². The summed E-state index contributed by atoms with van der Waals surface area (Å²) in [5.74, 6) is 0.828. The van der Waals surface area contributed by atoms with Gasteiger partial charge in [-0.1, -0.05) is 0 Å². The fraction of sp³-hybridized carbons (Fsp3) is 0.364. The van der Waals surface area contributed by atoms with E-state index in [1.54, 1.807) is 18.9 Å². The molecule has 0 aliphatic carbocycles. The molecule has 0 aromatic heterocycles. The zero-order valence-electron chi connectivity index (χ0n) is 8.65. The van der Waals surface area contributed by atoms with Crippen LogP contribution < -0.4 is 10.1 Å². The van der Waals surface area contributed by atoms with Gasteiger partial charge in [0.05, 0.1) is 13.2 Å². The molecular formula is C11H12N2OS. The molecule has 2 rings (SSSR count). The second-order valence-electron chi connectivity index (χ2n) is 3.46. The Kier molecular flexibility index (Phi) is 2.74. The Morgan fingerprint density at radius 1 is 1.53 bits per heavy atom. The van der Waals surface area contributed by atoms with Crippen LogP contribution in [0.2, 0.25) is 0 Å². The van der Waals surface area contributed by atoms with Gasteiger partial charge in [-0.3, -0.25) is 0 Å². The van der Waals surface area contributed by atoms with Crippen molar-refractivity contribution in [2.75, 3.05) is 12.4 Å². The van der Waals surface area contributed by atoms with Gasteiger partial charge in [0.25, 0.3) is 0 Å². The quantitative estimate of drug-likeness (QED) is 0.789. The predicted molar refractivity (Wildman–Crippen MR) is 61.3 cm³/mol. The Morgan fingerprint density at radius 2 is 2.33 bits per heavy atom. The number of nitrogens with zero attached hydrogens (tertiary/aromatic N) is 1. The Hall–Kier alpha value is -1.34. The molecule has 2 unspecified atom stereocenters. The second-order valence-corrected chi connectivity index (χ2v) is 4.65. The van der Waals surface area contributed by atoms with Gasteiger partial charge in [-0.25, -0.2) is 0 Å². The Morgan fingerprint density at radius 3 is 3.00 bits per heavy atom. The van der Waals surface area contributed by atoms with Crippen LogP contribution in [0.4, 0.5) is 5.69 Å². The first-order valence-corrected chi connectivity index (χ1v) is 5.63. The second kappa shape index (κ2) is 4.03. The zero-order chi connectivity index (χ0) is 10.8. The number of benzene rings is 1. The van der Waals surface area contributed by atoms with Crippen LogP contribution in [-0.4, -0.2) is 18.4 Å². The molecule has 0 bridgehead atoms. The van der Waals surface area contributed by atoms with E-state index >= 15 is 0 Å². The molecule has 0 fully saturated rings. The summed E-state index contributed by atoms with van der Waals surface area (Å²) < 4.78 is 5.15. The summed E-state index contributed by atoms with van der Waals surface area (Å²) in [5, 5.41) is 12.2. The van der Waals surface area contributed by atoms with Crippen molar-refractivity contribution >= 4 is 17.4 Å². The third-order valence-corrected chi connectivity index (χ3v) is 3.77. The molecule has 1 aromatic rings. The lowest BCUT2D eigenvalue weighted by molar-refractivity contribution is 0.413. The first-order valence-electron chi connectivity index (χ1n) is 4.75. The third kappa shape index (κ3) is 1.88. The van der Waals surface area contributed by atoms with E-state index in [-0.39, 0.29) is 11.3 Å². The molecule has 0 saturated carbocycles. The summed E-state index contributed by atoms with van der Waals surface area (Å²) in [7, 11) is 1.65. The topological polar surface area (TPSA) is 45.0 Å². The standard InChI is InChI=1S/C11H12N2OS/c1-7-11(6-12)15-10-5-8(14-2)3-4-9(10)13-7/h3-5,7,11,13H,1-2H3. The fourth-order valence-corrected chi connectivity index (χ4v) is 2.58. The van der Waals surface area contributed by atoms with Gasteiger partial charge in [0.15, 0.2) is 0 Å². The monoisotopic (exact) mass is 220 g/mol. The number of hydrogen-bond donors (Lipinski definition) is 1. The third-order valence-electron chi connectivity index (χ3n) is 2.41. The highest BCUT2D eigenvalue weighted by molar-refractivity contribution is 8.00. The van der Waals surface area contributed by atoms with Crippen molar-refractivity contribution < 1.29 is 4.74 Å². The minimum Gasteiger partial charge on any atom is -0.497 e. The molecule has 78 valence electrons. The fourth-order valence-electron chi connectivity index (χ4n) is 1.54. The molecule has 1 aliphatic rings. The van der Waals surface area contributed by atoms with Crippen molar-refractivity contribution in [2.45, 2.75) is 23.1 Å². The number of anilines is 1. The lowest BCUT2D eigenvalue weighted by Crippen LogP contribution is -2.30. The van der Waals surface area contributed by atoms with E-state index in [0.29, 0.717) is 0 Å². The van der Waals surface area contributed by atoms with Gasteiger partial charge in [-0.15, -0.1) is 11.8 Å². The molecule has 1 heterocycles. The number of nitriles is 1. The molecular weight excluding hydrogens is 208 g/mol. The Bertz CT molecular complexity index is 414. The number of rotatable bonds is 1. The molecule has 0 amide bonds. The van der Waals surface area contributed by atoms with Crippen LogP contribution >= 0.6 is 11.8 Å². The average Bonchev–Trinajstić information content (AvgIpc) is 2.27. The van der Waals surface area contributed by atoms with E-state index in [1.165, 1.54) is 0 Å².